The van der Waals surface area contributed by atoms with E-state index in [0.29, 0.717) is 17.1 Å². The fourth-order valence-electron chi connectivity index (χ4n) is 1.51. The highest BCUT2D eigenvalue weighted by molar-refractivity contribution is 5.99. The first-order valence-electron chi connectivity index (χ1n) is 5.37. The first-order valence-corrected chi connectivity index (χ1v) is 5.37. The van der Waals surface area contributed by atoms with Crippen LogP contribution in [0.2, 0.25) is 0 Å². The van der Waals surface area contributed by atoms with Gasteiger partial charge in [0.25, 0.3) is 0 Å². The van der Waals surface area contributed by atoms with Crippen molar-refractivity contribution < 1.29 is 9.94 Å². The highest BCUT2D eigenvalue weighted by atomic mass is 16.5. The van der Waals surface area contributed by atoms with Crippen LogP contribution in [0.1, 0.15) is 11.1 Å². The van der Waals surface area contributed by atoms with Gasteiger partial charge >= 0.3 is 0 Å². The first kappa shape index (κ1) is 11.9. The Labute approximate surface area is 105 Å². The molecule has 0 spiro atoms. The lowest BCUT2D eigenvalue weighted by atomic mass is 10.1. The van der Waals surface area contributed by atoms with Crippen LogP contribution in [0.5, 0.6) is 11.5 Å². The van der Waals surface area contributed by atoms with E-state index in [9.17, 15) is 0 Å². The van der Waals surface area contributed by atoms with Crippen LogP contribution in [0.25, 0.3) is 0 Å². The lowest BCUT2D eigenvalue weighted by Crippen LogP contribution is -2.14. The van der Waals surface area contributed by atoms with Gasteiger partial charge in [-0.15, -0.1) is 0 Å². The number of ether oxygens (including phenoxy) is 1. The summed E-state index contributed by atoms with van der Waals surface area (Å²) in [7, 11) is 0. The van der Waals surface area contributed by atoms with Crippen molar-refractivity contribution in [3.63, 3.8) is 0 Å². The van der Waals surface area contributed by atoms with Crippen LogP contribution < -0.4 is 10.5 Å². The van der Waals surface area contributed by atoms with Gasteiger partial charge in [0.15, 0.2) is 5.84 Å². The maximum absolute atomic E-state index is 8.74. The zero-order valence-electron chi connectivity index (χ0n) is 9.87. The molecule has 1 aromatic heterocycles. The van der Waals surface area contributed by atoms with Gasteiger partial charge in [0.1, 0.15) is 11.5 Å². The molecule has 92 valence electrons. The third-order valence-electron chi connectivity index (χ3n) is 2.38. The molecule has 0 unspecified atom stereocenters. The van der Waals surface area contributed by atoms with E-state index < -0.39 is 0 Å². The molecule has 3 N–H and O–H groups in total. The minimum absolute atomic E-state index is 0.00823. The molecule has 0 aliphatic carbocycles. The third-order valence-corrected chi connectivity index (χ3v) is 2.38. The summed E-state index contributed by atoms with van der Waals surface area (Å²) in [4.78, 5) is 3.96. The number of hydrogen-bond donors (Lipinski definition) is 2. The van der Waals surface area contributed by atoms with Crippen molar-refractivity contribution in [3.05, 3.63) is 53.9 Å². The fraction of sp³-hybridized carbons (Fsp3) is 0.0769. The molecule has 18 heavy (non-hydrogen) atoms. The number of amidine groups is 1. The average Bonchev–Trinajstić information content (AvgIpc) is 2.39. The first-order chi connectivity index (χ1) is 8.70. The van der Waals surface area contributed by atoms with Crippen LogP contribution in [0, 0.1) is 6.92 Å². The van der Waals surface area contributed by atoms with Crippen LogP contribution >= 0.6 is 0 Å². The summed E-state index contributed by atoms with van der Waals surface area (Å²) in [5, 5.41) is 11.7. The van der Waals surface area contributed by atoms with Gasteiger partial charge in [0, 0.05) is 6.20 Å². The summed E-state index contributed by atoms with van der Waals surface area (Å²) < 4.78 is 5.68. The van der Waals surface area contributed by atoms with Gasteiger partial charge in [-0.2, -0.15) is 0 Å². The van der Waals surface area contributed by atoms with Crippen LogP contribution in [0.3, 0.4) is 0 Å². The number of nitrogens with zero attached hydrogens (tertiary/aromatic N) is 2. The average molecular weight is 243 g/mol. The highest BCUT2D eigenvalue weighted by Crippen LogP contribution is 2.25. The van der Waals surface area contributed by atoms with Gasteiger partial charge < -0.3 is 15.7 Å². The zero-order valence-corrected chi connectivity index (χ0v) is 9.87. The van der Waals surface area contributed by atoms with Crippen LogP contribution in [-0.2, 0) is 0 Å². The van der Waals surface area contributed by atoms with Crippen molar-refractivity contribution in [2.24, 2.45) is 10.9 Å². The minimum Gasteiger partial charge on any atom is -0.455 e. The second kappa shape index (κ2) is 5.18. The molecule has 1 heterocycles. The Morgan fingerprint density at radius 1 is 1.39 bits per heavy atom. The molecule has 1 aromatic carbocycles. The number of nitrogens with two attached hydrogens (primary N) is 1. The van der Waals surface area contributed by atoms with Gasteiger partial charge in [-0.05, 0) is 36.8 Å². The van der Waals surface area contributed by atoms with Crippen molar-refractivity contribution in [1.82, 2.24) is 4.98 Å². The van der Waals surface area contributed by atoms with E-state index in [0.717, 1.165) is 5.56 Å². The quantitative estimate of drug-likeness (QED) is 0.375. The Morgan fingerprint density at radius 2 is 2.22 bits per heavy atom. The van der Waals surface area contributed by atoms with E-state index in [1.807, 2.05) is 19.1 Å². The zero-order chi connectivity index (χ0) is 13.0. The van der Waals surface area contributed by atoms with E-state index in [4.69, 9.17) is 15.7 Å². The van der Waals surface area contributed by atoms with Gasteiger partial charge in [-0.3, -0.25) is 4.98 Å². The molecule has 2 aromatic rings. The summed E-state index contributed by atoms with van der Waals surface area (Å²) in [5.74, 6) is 1.13. The van der Waals surface area contributed by atoms with Crippen LogP contribution in [0.15, 0.2) is 47.9 Å². The Balaban J connectivity index is 2.40. The Bertz CT molecular complexity index is 568. The maximum atomic E-state index is 8.74. The summed E-state index contributed by atoms with van der Waals surface area (Å²) >= 11 is 0. The Hall–Kier alpha value is -2.56. The SMILES string of the molecule is Cc1ccc(C(N)=NO)c(Oc2cccnc2)c1. The molecule has 0 saturated carbocycles. The molecule has 0 atom stereocenters. The smallest absolute Gasteiger partial charge is 0.173 e. The largest absolute Gasteiger partial charge is 0.455 e. The summed E-state index contributed by atoms with van der Waals surface area (Å²) in [6.45, 7) is 1.94. The number of oxime groups is 1. The number of benzene rings is 1. The van der Waals surface area contributed by atoms with Crippen molar-refractivity contribution in [2.75, 3.05) is 0 Å². The molecule has 0 saturated heterocycles. The molecule has 5 nitrogen and oxygen atoms in total. The predicted molar refractivity (Wildman–Crippen MR) is 68.0 cm³/mol. The molecule has 0 aliphatic heterocycles. The summed E-state index contributed by atoms with van der Waals surface area (Å²) in [6.07, 6.45) is 3.26. The fourth-order valence-corrected chi connectivity index (χ4v) is 1.51. The molecular formula is C13H13N3O2. The molecule has 2 rings (SSSR count). The van der Waals surface area contributed by atoms with Gasteiger partial charge in [-0.25, -0.2) is 0 Å². The molecule has 5 heteroatoms. The monoisotopic (exact) mass is 243 g/mol. The lowest BCUT2D eigenvalue weighted by molar-refractivity contribution is 0.318. The molecule has 0 fully saturated rings. The second-order valence-electron chi connectivity index (χ2n) is 3.78. The molecule has 0 bridgehead atoms. The standard InChI is InChI=1S/C13H13N3O2/c1-9-4-5-11(13(14)16-17)12(7-9)18-10-3-2-6-15-8-10/h2-8,17H,1H3,(H2,14,16). The van der Waals surface area contributed by atoms with Gasteiger partial charge in [0.05, 0.1) is 11.8 Å². The normalized spacial score (nSPS) is 11.3. The minimum atomic E-state index is 0.00823. The van der Waals surface area contributed by atoms with Crippen molar-refractivity contribution in [2.45, 2.75) is 6.92 Å². The number of aryl methyl sites for hydroxylation is 1. The van der Waals surface area contributed by atoms with Gasteiger partial charge in [-0.1, -0.05) is 11.2 Å². The van der Waals surface area contributed by atoms with E-state index in [2.05, 4.69) is 10.1 Å². The second-order valence-corrected chi connectivity index (χ2v) is 3.78. The topological polar surface area (TPSA) is 80.7 Å². The van der Waals surface area contributed by atoms with Gasteiger partial charge in [0.2, 0.25) is 0 Å². The van der Waals surface area contributed by atoms with Crippen LogP contribution in [-0.4, -0.2) is 16.0 Å². The lowest BCUT2D eigenvalue weighted by Gasteiger charge is -2.10. The van der Waals surface area contributed by atoms with Crippen molar-refractivity contribution in [3.8, 4) is 11.5 Å². The number of pyridine rings is 1. The Morgan fingerprint density at radius 3 is 2.89 bits per heavy atom. The number of aromatic nitrogens is 1. The molecule has 0 amide bonds. The maximum Gasteiger partial charge on any atom is 0.173 e. The highest BCUT2D eigenvalue weighted by Gasteiger charge is 2.09. The van der Waals surface area contributed by atoms with Crippen molar-refractivity contribution >= 4 is 5.84 Å². The van der Waals surface area contributed by atoms with Crippen LogP contribution in [0.4, 0.5) is 0 Å². The molecule has 0 aliphatic rings. The van der Waals surface area contributed by atoms with Crippen molar-refractivity contribution in [1.29, 1.82) is 0 Å². The number of hydrogen-bond acceptors (Lipinski definition) is 4. The summed E-state index contributed by atoms with van der Waals surface area (Å²) in [6, 6.07) is 8.99. The van der Waals surface area contributed by atoms with E-state index in [-0.39, 0.29) is 5.84 Å². The third kappa shape index (κ3) is 2.57. The number of rotatable bonds is 3. The summed E-state index contributed by atoms with van der Waals surface area (Å²) in [5.41, 5.74) is 7.15. The molecular weight excluding hydrogens is 230 g/mol. The van der Waals surface area contributed by atoms with E-state index in [1.165, 1.54) is 0 Å². The predicted octanol–water partition coefficient (Wildman–Crippen LogP) is 2.28. The van der Waals surface area contributed by atoms with E-state index >= 15 is 0 Å². The Kier molecular flexibility index (Phi) is 3.43. The van der Waals surface area contributed by atoms with E-state index in [1.54, 1.807) is 30.6 Å². The molecule has 0 radical (unpaired) electrons.